The van der Waals surface area contributed by atoms with Crippen LogP contribution < -0.4 is 15.6 Å². The van der Waals surface area contributed by atoms with Gasteiger partial charge in [0.15, 0.2) is 0 Å². The Morgan fingerprint density at radius 3 is 2.32 bits per heavy atom. The minimum Gasteiger partial charge on any atom is -0.491 e. The van der Waals surface area contributed by atoms with Crippen molar-refractivity contribution in [2.75, 3.05) is 19.8 Å². The summed E-state index contributed by atoms with van der Waals surface area (Å²) in [6.45, 7) is 0.448. The van der Waals surface area contributed by atoms with Crippen molar-refractivity contribution >= 4 is 22.6 Å². The van der Waals surface area contributed by atoms with Crippen molar-refractivity contribution in [2.24, 2.45) is 0 Å². The first-order valence-electron chi connectivity index (χ1n) is 9.02. The van der Waals surface area contributed by atoms with Crippen LogP contribution in [0.4, 0.5) is 0 Å². The molecule has 3 aromatic carbocycles. The molecule has 3 aromatic rings. The van der Waals surface area contributed by atoms with Crippen molar-refractivity contribution in [1.29, 1.82) is 0 Å². The van der Waals surface area contributed by atoms with Crippen molar-refractivity contribution < 1.29 is 19.1 Å². The second-order valence-corrected chi connectivity index (χ2v) is 6.13. The van der Waals surface area contributed by atoms with Crippen LogP contribution in [0, 0.1) is 0 Å². The number of para-hydroxylation sites is 1. The number of benzene rings is 3. The van der Waals surface area contributed by atoms with Gasteiger partial charge in [-0.05, 0) is 28.5 Å². The first-order chi connectivity index (χ1) is 13.7. The van der Waals surface area contributed by atoms with Gasteiger partial charge in [-0.15, -0.1) is 0 Å². The average molecular weight is 378 g/mol. The number of fused-ring (bicyclic) bond motifs is 1. The SMILES string of the molecule is O=C(COCCOc1ccccc1)NNC(=O)Cc1cccc2ccccc12. The highest BCUT2D eigenvalue weighted by Gasteiger charge is 2.08. The van der Waals surface area contributed by atoms with Crippen LogP contribution in [-0.4, -0.2) is 31.6 Å². The molecule has 6 heteroatoms. The van der Waals surface area contributed by atoms with E-state index < -0.39 is 5.91 Å². The Bertz CT molecular complexity index is 923. The van der Waals surface area contributed by atoms with Crippen molar-refractivity contribution in [2.45, 2.75) is 6.42 Å². The maximum atomic E-state index is 12.1. The van der Waals surface area contributed by atoms with E-state index in [4.69, 9.17) is 9.47 Å². The molecule has 0 spiro atoms. The van der Waals surface area contributed by atoms with Gasteiger partial charge in [0.1, 0.15) is 19.0 Å². The number of hydrogen-bond donors (Lipinski definition) is 2. The van der Waals surface area contributed by atoms with Crippen LogP contribution in [0.25, 0.3) is 10.8 Å². The number of nitrogens with one attached hydrogen (secondary N) is 2. The van der Waals surface area contributed by atoms with Crippen LogP contribution in [0.15, 0.2) is 72.8 Å². The Hall–Kier alpha value is -3.38. The molecule has 3 rings (SSSR count). The predicted molar refractivity (Wildman–Crippen MR) is 107 cm³/mol. The smallest absolute Gasteiger partial charge is 0.264 e. The number of hydrogen-bond acceptors (Lipinski definition) is 4. The quantitative estimate of drug-likeness (QED) is 0.467. The molecule has 0 aromatic heterocycles. The fourth-order valence-electron chi connectivity index (χ4n) is 2.74. The molecule has 0 aliphatic carbocycles. The topological polar surface area (TPSA) is 76.7 Å². The molecule has 0 aliphatic heterocycles. The summed E-state index contributed by atoms with van der Waals surface area (Å²) >= 11 is 0. The Morgan fingerprint density at radius 1 is 0.750 bits per heavy atom. The van der Waals surface area contributed by atoms with E-state index in [0.717, 1.165) is 22.1 Å². The Balaban J connectivity index is 1.34. The van der Waals surface area contributed by atoms with Crippen LogP contribution in [0.2, 0.25) is 0 Å². The highest BCUT2D eigenvalue weighted by Crippen LogP contribution is 2.18. The van der Waals surface area contributed by atoms with E-state index in [1.54, 1.807) is 0 Å². The van der Waals surface area contributed by atoms with Crippen molar-refractivity contribution in [1.82, 2.24) is 10.9 Å². The molecule has 0 radical (unpaired) electrons. The van der Waals surface area contributed by atoms with Crippen molar-refractivity contribution in [3.63, 3.8) is 0 Å². The summed E-state index contributed by atoms with van der Waals surface area (Å²) in [5.74, 6) is 0.0272. The van der Waals surface area contributed by atoms with Crippen LogP contribution >= 0.6 is 0 Å². The highest BCUT2D eigenvalue weighted by atomic mass is 16.5. The first kappa shape index (κ1) is 19.4. The third-order valence-corrected chi connectivity index (χ3v) is 4.05. The lowest BCUT2D eigenvalue weighted by Crippen LogP contribution is -2.44. The van der Waals surface area contributed by atoms with E-state index in [1.807, 2.05) is 72.8 Å². The van der Waals surface area contributed by atoms with Gasteiger partial charge in [-0.1, -0.05) is 60.7 Å². The second-order valence-electron chi connectivity index (χ2n) is 6.13. The molecule has 28 heavy (non-hydrogen) atoms. The lowest BCUT2D eigenvalue weighted by Gasteiger charge is -2.10. The summed E-state index contributed by atoms with van der Waals surface area (Å²) in [5, 5.41) is 2.09. The molecule has 0 bridgehead atoms. The minimum absolute atomic E-state index is 0.160. The van der Waals surface area contributed by atoms with E-state index in [1.165, 1.54) is 0 Å². The molecule has 6 nitrogen and oxygen atoms in total. The van der Waals surface area contributed by atoms with E-state index in [9.17, 15) is 9.59 Å². The zero-order valence-corrected chi connectivity index (χ0v) is 15.4. The van der Waals surface area contributed by atoms with Gasteiger partial charge in [0.05, 0.1) is 13.0 Å². The summed E-state index contributed by atoms with van der Waals surface area (Å²) in [6, 6.07) is 23.0. The molecular weight excluding hydrogens is 356 g/mol. The summed E-state index contributed by atoms with van der Waals surface area (Å²) in [4.78, 5) is 23.9. The van der Waals surface area contributed by atoms with Gasteiger partial charge < -0.3 is 9.47 Å². The molecule has 0 aliphatic rings. The number of amides is 2. The molecule has 0 atom stereocenters. The largest absolute Gasteiger partial charge is 0.491 e. The third-order valence-electron chi connectivity index (χ3n) is 4.05. The fraction of sp³-hybridized carbons (Fsp3) is 0.182. The van der Waals surface area contributed by atoms with Crippen LogP contribution in [0.1, 0.15) is 5.56 Å². The van der Waals surface area contributed by atoms with Gasteiger partial charge in [-0.25, -0.2) is 0 Å². The molecule has 0 fully saturated rings. The average Bonchev–Trinajstić information content (AvgIpc) is 2.73. The molecule has 2 amide bonds. The number of carbonyl (C=O) groups excluding carboxylic acids is 2. The lowest BCUT2D eigenvalue weighted by molar-refractivity contribution is -0.131. The zero-order valence-electron chi connectivity index (χ0n) is 15.4. The van der Waals surface area contributed by atoms with E-state index in [2.05, 4.69) is 10.9 Å². The summed E-state index contributed by atoms with van der Waals surface area (Å²) in [6.07, 6.45) is 0.174. The summed E-state index contributed by atoms with van der Waals surface area (Å²) in [7, 11) is 0. The number of carbonyl (C=O) groups is 2. The van der Waals surface area contributed by atoms with E-state index in [-0.39, 0.29) is 25.5 Å². The normalized spacial score (nSPS) is 10.4. The number of rotatable bonds is 8. The Kier molecular flexibility index (Phi) is 6.98. The van der Waals surface area contributed by atoms with Gasteiger partial charge >= 0.3 is 0 Å². The first-order valence-corrected chi connectivity index (χ1v) is 9.02. The molecule has 2 N–H and O–H groups in total. The molecular formula is C22H22N2O4. The minimum atomic E-state index is -0.425. The molecule has 0 unspecified atom stereocenters. The molecule has 144 valence electrons. The Labute approximate surface area is 163 Å². The van der Waals surface area contributed by atoms with E-state index in [0.29, 0.717) is 6.61 Å². The van der Waals surface area contributed by atoms with Gasteiger partial charge in [0.2, 0.25) is 5.91 Å². The summed E-state index contributed by atoms with van der Waals surface area (Å²) in [5.41, 5.74) is 5.67. The van der Waals surface area contributed by atoms with E-state index >= 15 is 0 Å². The van der Waals surface area contributed by atoms with Gasteiger partial charge in [-0.2, -0.15) is 0 Å². The standard InChI is InChI=1S/C22H22N2O4/c25-21(15-18-9-6-8-17-7-4-5-12-20(17)18)23-24-22(26)16-27-13-14-28-19-10-2-1-3-11-19/h1-12H,13-16H2,(H,23,25)(H,24,26). The molecule has 0 heterocycles. The maximum Gasteiger partial charge on any atom is 0.264 e. The predicted octanol–water partition coefficient (Wildman–Crippen LogP) is 2.63. The van der Waals surface area contributed by atoms with Gasteiger partial charge in [0.25, 0.3) is 5.91 Å². The molecule has 0 saturated heterocycles. The third kappa shape index (κ3) is 5.82. The van der Waals surface area contributed by atoms with Crippen LogP contribution in [0.3, 0.4) is 0 Å². The van der Waals surface area contributed by atoms with Crippen molar-refractivity contribution in [3.05, 3.63) is 78.4 Å². The summed E-state index contributed by atoms with van der Waals surface area (Å²) < 4.78 is 10.7. The van der Waals surface area contributed by atoms with Gasteiger partial charge in [0, 0.05) is 0 Å². The van der Waals surface area contributed by atoms with Gasteiger partial charge in [-0.3, -0.25) is 20.4 Å². The monoisotopic (exact) mass is 378 g/mol. The zero-order chi connectivity index (χ0) is 19.6. The lowest BCUT2D eigenvalue weighted by atomic mass is 10.0. The fourth-order valence-corrected chi connectivity index (χ4v) is 2.74. The maximum absolute atomic E-state index is 12.1. The number of ether oxygens (including phenoxy) is 2. The number of hydrazine groups is 1. The molecule has 0 saturated carbocycles. The Morgan fingerprint density at radius 2 is 1.46 bits per heavy atom. The van der Waals surface area contributed by atoms with Crippen molar-refractivity contribution in [3.8, 4) is 5.75 Å². The second kappa shape index (κ2) is 10.1. The highest BCUT2D eigenvalue weighted by molar-refractivity contribution is 5.91. The van der Waals surface area contributed by atoms with Crippen LogP contribution in [0.5, 0.6) is 5.75 Å². The van der Waals surface area contributed by atoms with Crippen LogP contribution in [-0.2, 0) is 20.7 Å².